The number of aromatic amines is 1. The Kier molecular flexibility index (Phi) is 4.36. The van der Waals surface area contributed by atoms with Gasteiger partial charge in [-0.2, -0.15) is 5.10 Å². The van der Waals surface area contributed by atoms with E-state index in [0.29, 0.717) is 28.5 Å². The maximum atomic E-state index is 13.0. The molecule has 148 valence electrons. The van der Waals surface area contributed by atoms with Crippen LogP contribution in [0.15, 0.2) is 75.7 Å². The molecule has 0 saturated heterocycles. The zero-order valence-electron chi connectivity index (χ0n) is 15.6. The molecule has 3 heterocycles. The van der Waals surface area contributed by atoms with Crippen LogP contribution >= 0.6 is 0 Å². The lowest BCUT2D eigenvalue weighted by Crippen LogP contribution is -2.23. The molecule has 0 saturated carbocycles. The highest BCUT2D eigenvalue weighted by atomic mass is 19.1. The van der Waals surface area contributed by atoms with E-state index in [-0.39, 0.29) is 24.0 Å². The van der Waals surface area contributed by atoms with E-state index in [4.69, 9.17) is 8.94 Å². The standard InChI is InChI=1S/C22H15FN4O3/c23-15-7-5-13(6-8-15)17-11-18(26-25-17)22(28)24-12-16-10-21(30-27-16)20-9-14-3-1-2-4-19(14)29-20/h1-11H,12H2,(H,24,28)(H,25,26). The number of carbonyl (C=O) groups is 1. The molecule has 8 heteroatoms. The van der Waals surface area contributed by atoms with Crippen molar-refractivity contribution in [2.45, 2.75) is 6.54 Å². The van der Waals surface area contributed by atoms with Crippen molar-refractivity contribution in [2.24, 2.45) is 0 Å². The van der Waals surface area contributed by atoms with Gasteiger partial charge in [0.1, 0.15) is 22.8 Å². The first-order valence-electron chi connectivity index (χ1n) is 9.20. The molecule has 30 heavy (non-hydrogen) atoms. The lowest BCUT2D eigenvalue weighted by atomic mass is 10.1. The first-order chi connectivity index (χ1) is 14.7. The van der Waals surface area contributed by atoms with Crippen LogP contribution in [0.2, 0.25) is 0 Å². The summed E-state index contributed by atoms with van der Waals surface area (Å²) < 4.78 is 24.2. The van der Waals surface area contributed by atoms with Crippen molar-refractivity contribution in [3.63, 3.8) is 0 Å². The molecule has 3 aromatic heterocycles. The maximum Gasteiger partial charge on any atom is 0.269 e. The Hall–Kier alpha value is -4.20. The molecule has 0 atom stereocenters. The summed E-state index contributed by atoms with van der Waals surface area (Å²) in [6.07, 6.45) is 0. The molecule has 0 aliphatic carbocycles. The van der Waals surface area contributed by atoms with Gasteiger partial charge in [0.05, 0.1) is 12.2 Å². The van der Waals surface area contributed by atoms with Crippen molar-refractivity contribution in [3.8, 4) is 22.8 Å². The molecule has 0 aliphatic heterocycles. The third-order valence-corrected chi connectivity index (χ3v) is 4.62. The number of amides is 1. The Morgan fingerprint density at radius 2 is 1.87 bits per heavy atom. The summed E-state index contributed by atoms with van der Waals surface area (Å²) in [6, 6.07) is 18.7. The van der Waals surface area contributed by atoms with Crippen molar-refractivity contribution in [3.05, 3.63) is 83.9 Å². The number of aromatic nitrogens is 3. The minimum absolute atomic E-state index is 0.174. The summed E-state index contributed by atoms with van der Waals surface area (Å²) in [7, 11) is 0. The lowest BCUT2D eigenvalue weighted by Gasteiger charge is -1.99. The molecular formula is C22H15FN4O3. The molecule has 7 nitrogen and oxygen atoms in total. The topological polar surface area (TPSA) is 97.0 Å². The Labute approximate surface area is 169 Å². The molecule has 5 rings (SSSR count). The van der Waals surface area contributed by atoms with Crippen molar-refractivity contribution < 1.29 is 18.1 Å². The SMILES string of the molecule is O=C(NCc1cc(-c2cc3ccccc3o2)on1)c1cc(-c2ccc(F)cc2)n[nH]1. The van der Waals surface area contributed by atoms with E-state index < -0.39 is 0 Å². The molecule has 2 N–H and O–H groups in total. The molecular weight excluding hydrogens is 387 g/mol. The van der Waals surface area contributed by atoms with Crippen molar-refractivity contribution >= 4 is 16.9 Å². The van der Waals surface area contributed by atoms with Gasteiger partial charge in [-0.1, -0.05) is 23.4 Å². The van der Waals surface area contributed by atoms with Crippen molar-refractivity contribution in [1.82, 2.24) is 20.7 Å². The smallest absolute Gasteiger partial charge is 0.269 e. The van der Waals surface area contributed by atoms with E-state index >= 15 is 0 Å². The van der Waals surface area contributed by atoms with Crippen molar-refractivity contribution in [1.29, 1.82) is 0 Å². The Morgan fingerprint density at radius 1 is 1.03 bits per heavy atom. The second-order valence-electron chi connectivity index (χ2n) is 6.69. The van der Waals surface area contributed by atoms with Gasteiger partial charge >= 0.3 is 0 Å². The summed E-state index contributed by atoms with van der Waals surface area (Å²) in [5.41, 5.74) is 2.86. The van der Waals surface area contributed by atoms with Gasteiger partial charge in [0.2, 0.25) is 5.76 Å². The number of nitrogens with zero attached hydrogens (tertiary/aromatic N) is 2. The van der Waals surface area contributed by atoms with Crippen LogP contribution < -0.4 is 5.32 Å². The molecule has 0 radical (unpaired) electrons. The number of H-pyrrole nitrogens is 1. The molecule has 1 amide bonds. The third-order valence-electron chi connectivity index (χ3n) is 4.62. The van der Waals surface area contributed by atoms with Crippen LogP contribution in [-0.2, 0) is 6.54 Å². The van der Waals surface area contributed by atoms with E-state index in [1.54, 1.807) is 24.3 Å². The normalized spacial score (nSPS) is 11.1. The molecule has 0 bridgehead atoms. The highest BCUT2D eigenvalue weighted by Gasteiger charge is 2.14. The maximum absolute atomic E-state index is 13.0. The highest BCUT2D eigenvalue weighted by Crippen LogP contribution is 2.28. The third kappa shape index (κ3) is 3.46. The minimum atomic E-state index is -0.343. The van der Waals surface area contributed by atoms with Crippen LogP contribution in [0.3, 0.4) is 0 Å². The average Bonchev–Trinajstić information content (AvgIpc) is 3.51. The molecule has 2 aromatic carbocycles. The molecule has 0 unspecified atom stereocenters. The zero-order valence-corrected chi connectivity index (χ0v) is 15.6. The number of carbonyl (C=O) groups excluding carboxylic acids is 1. The predicted molar refractivity (Wildman–Crippen MR) is 107 cm³/mol. The highest BCUT2D eigenvalue weighted by molar-refractivity contribution is 5.93. The van der Waals surface area contributed by atoms with Crippen LogP contribution in [0.4, 0.5) is 4.39 Å². The number of benzene rings is 2. The number of rotatable bonds is 5. The Balaban J connectivity index is 1.25. The van der Waals surface area contributed by atoms with Gasteiger partial charge in [-0.25, -0.2) is 4.39 Å². The monoisotopic (exact) mass is 402 g/mol. The van der Waals surface area contributed by atoms with E-state index in [9.17, 15) is 9.18 Å². The largest absolute Gasteiger partial charge is 0.453 e. The molecule has 0 fully saturated rings. The quantitative estimate of drug-likeness (QED) is 0.450. The second kappa shape index (κ2) is 7.32. The fourth-order valence-electron chi connectivity index (χ4n) is 3.09. The summed E-state index contributed by atoms with van der Waals surface area (Å²) >= 11 is 0. The van der Waals surface area contributed by atoms with Gasteiger partial charge in [0.25, 0.3) is 5.91 Å². The molecule has 0 spiro atoms. The van der Waals surface area contributed by atoms with Crippen LogP contribution in [0.1, 0.15) is 16.2 Å². The van der Waals surface area contributed by atoms with Gasteiger partial charge in [-0.3, -0.25) is 9.89 Å². The summed E-state index contributed by atoms with van der Waals surface area (Å²) in [5.74, 6) is 0.375. The molecule has 5 aromatic rings. The van der Waals surface area contributed by atoms with E-state index in [2.05, 4.69) is 20.7 Å². The summed E-state index contributed by atoms with van der Waals surface area (Å²) in [6.45, 7) is 0.174. The number of halogens is 1. The van der Waals surface area contributed by atoms with Gasteiger partial charge in [0.15, 0.2) is 5.76 Å². The second-order valence-corrected chi connectivity index (χ2v) is 6.69. The van der Waals surface area contributed by atoms with E-state index in [1.807, 2.05) is 30.3 Å². The molecule has 0 aliphatic rings. The number of hydrogen-bond donors (Lipinski definition) is 2. The van der Waals surface area contributed by atoms with Gasteiger partial charge in [-0.05, 0) is 42.5 Å². The summed E-state index contributed by atoms with van der Waals surface area (Å²) in [5, 5.41) is 14.5. The first kappa shape index (κ1) is 17.9. The number of furan rings is 1. The number of nitrogens with one attached hydrogen (secondary N) is 2. The van der Waals surface area contributed by atoms with Crippen molar-refractivity contribution in [2.75, 3.05) is 0 Å². The fourth-order valence-corrected chi connectivity index (χ4v) is 3.09. The Morgan fingerprint density at radius 3 is 2.70 bits per heavy atom. The predicted octanol–water partition coefficient (Wildman–Crippen LogP) is 4.55. The fraction of sp³-hybridized carbons (Fsp3) is 0.0455. The van der Waals surface area contributed by atoms with E-state index in [1.165, 1.54) is 12.1 Å². The minimum Gasteiger partial charge on any atom is -0.453 e. The summed E-state index contributed by atoms with van der Waals surface area (Å²) in [4.78, 5) is 12.4. The van der Waals surface area contributed by atoms with Gasteiger partial charge < -0.3 is 14.3 Å². The zero-order chi connectivity index (χ0) is 20.5. The lowest BCUT2D eigenvalue weighted by molar-refractivity contribution is 0.0945. The first-order valence-corrected chi connectivity index (χ1v) is 9.20. The number of hydrogen-bond acceptors (Lipinski definition) is 5. The van der Waals surface area contributed by atoms with E-state index in [0.717, 1.165) is 11.0 Å². The number of fused-ring (bicyclic) bond motifs is 1. The number of para-hydroxylation sites is 1. The van der Waals surface area contributed by atoms with Crippen LogP contribution in [0.5, 0.6) is 0 Å². The van der Waals surface area contributed by atoms with Gasteiger partial charge in [0, 0.05) is 17.0 Å². The van der Waals surface area contributed by atoms with Gasteiger partial charge in [-0.15, -0.1) is 0 Å². The van der Waals surface area contributed by atoms with Crippen LogP contribution in [-0.4, -0.2) is 21.3 Å². The van der Waals surface area contributed by atoms with Crippen LogP contribution in [0, 0.1) is 5.82 Å². The average molecular weight is 402 g/mol. The van der Waals surface area contributed by atoms with Crippen LogP contribution in [0.25, 0.3) is 33.7 Å². The Bertz CT molecular complexity index is 1300.